The number of amides is 1. The van der Waals surface area contributed by atoms with Crippen molar-refractivity contribution >= 4 is 27.1 Å². The molecule has 0 aromatic heterocycles. The Morgan fingerprint density at radius 3 is 2.56 bits per heavy atom. The van der Waals surface area contributed by atoms with E-state index in [4.69, 9.17) is 11.5 Å². The molecule has 0 spiro atoms. The van der Waals surface area contributed by atoms with Crippen LogP contribution < -0.4 is 16.8 Å². The van der Waals surface area contributed by atoms with Crippen LogP contribution in [0.25, 0.3) is 0 Å². The van der Waals surface area contributed by atoms with Crippen LogP contribution >= 0.6 is 0 Å². The third kappa shape index (κ3) is 3.88. The molecule has 0 atom stereocenters. The summed E-state index contributed by atoms with van der Waals surface area (Å²) in [6.45, 7) is 0.0257. The van der Waals surface area contributed by atoms with Crippen LogP contribution in [0.1, 0.15) is 10.4 Å². The molecule has 0 unspecified atom stereocenters. The zero-order chi connectivity index (χ0) is 13.9. The first-order valence-corrected chi connectivity index (χ1v) is 7.07. The molecular weight excluding hydrogens is 261 g/mol. The van der Waals surface area contributed by atoms with Crippen molar-refractivity contribution in [2.75, 3.05) is 29.6 Å². The molecule has 1 amide bonds. The zero-order valence-electron chi connectivity index (χ0n) is 9.73. The van der Waals surface area contributed by atoms with E-state index < -0.39 is 21.6 Å². The van der Waals surface area contributed by atoms with Gasteiger partial charge in [-0.05, 0) is 12.1 Å². The minimum atomic E-state index is -3.14. The Morgan fingerprint density at radius 1 is 1.44 bits per heavy atom. The third-order valence-electron chi connectivity index (χ3n) is 2.19. The minimum Gasteiger partial charge on any atom is -0.398 e. The number of carbonyl (C=O) groups excluding carboxylic acids is 1. The van der Waals surface area contributed by atoms with Gasteiger partial charge in [0.15, 0.2) is 0 Å². The van der Waals surface area contributed by atoms with E-state index in [1.807, 2.05) is 0 Å². The quantitative estimate of drug-likeness (QED) is 0.652. The summed E-state index contributed by atoms with van der Waals surface area (Å²) in [4.78, 5) is 11.0. The van der Waals surface area contributed by atoms with Gasteiger partial charge in [0.2, 0.25) is 0 Å². The molecule has 0 heterocycles. The van der Waals surface area contributed by atoms with E-state index in [1.54, 1.807) is 0 Å². The van der Waals surface area contributed by atoms with Gasteiger partial charge in [-0.15, -0.1) is 0 Å². The number of sulfone groups is 1. The van der Waals surface area contributed by atoms with Gasteiger partial charge in [0.05, 0.1) is 17.0 Å². The minimum absolute atomic E-state index is 0.0124. The highest BCUT2D eigenvalue weighted by Gasteiger charge is 2.12. The van der Waals surface area contributed by atoms with Gasteiger partial charge < -0.3 is 16.8 Å². The molecule has 18 heavy (non-hydrogen) atoms. The van der Waals surface area contributed by atoms with Crippen LogP contribution in [0.5, 0.6) is 0 Å². The van der Waals surface area contributed by atoms with Crippen LogP contribution in [0.3, 0.4) is 0 Å². The lowest BCUT2D eigenvalue weighted by molar-refractivity contribution is 0.100. The molecular formula is C10H14FN3O3S. The number of hydrogen-bond donors (Lipinski definition) is 3. The monoisotopic (exact) mass is 275 g/mol. The Kier molecular flexibility index (Phi) is 4.12. The molecule has 0 aliphatic rings. The lowest BCUT2D eigenvalue weighted by atomic mass is 10.1. The van der Waals surface area contributed by atoms with Gasteiger partial charge >= 0.3 is 0 Å². The Morgan fingerprint density at radius 2 is 2.06 bits per heavy atom. The van der Waals surface area contributed by atoms with E-state index >= 15 is 0 Å². The van der Waals surface area contributed by atoms with Crippen LogP contribution in [-0.4, -0.2) is 32.9 Å². The average molecular weight is 275 g/mol. The number of benzene rings is 1. The molecule has 1 rings (SSSR count). The van der Waals surface area contributed by atoms with Crippen molar-refractivity contribution in [3.8, 4) is 0 Å². The first-order valence-electron chi connectivity index (χ1n) is 5.01. The summed E-state index contributed by atoms with van der Waals surface area (Å²) < 4.78 is 35.3. The van der Waals surface area contributed by atoms with Crippen LogP contribution in [0, 0.1) is 5.82 Å². The molecule has 1 aromatic carbocycles. The summed E-state index contributed by atoms with van der Waals surface area (Å²) in [5.41, 5.74) is 10.4. The van der Waals surface area contributed by atoms with E-state index in [0.29, 0.717) is 0 Å². The number of nitrogens with two attached hydrogens (primary N) is 2. The van der Waals surface area contributed by atoms with Gasteiger partial charge in [0, 0.05) is 18.5 Å². The number of nitrogens with one attached hydrogen (secondary N) is 1. The Labute approximate surface area is 104 Å². The summed E-state index contributed by atoms with van der Waals surface area (Å²) >= 11 is 0. The smallest absolute Gasteiger partial charge is 0.250 e. The fourth-order valence-corrected chi connectivity index (χ4v) is 1.78. The second kappa shape index (κ2) is 5.21. The largest absolute Gasteiger partial charge is 0.398 e. The predicted molar refractivity (Wildman–Crippen MR) is 67.5 cm³/mol. The van der Waals surface area contributed by atoms with E-state index in [9.17, 15) is 17.6 Å². The molecule has 0 fully saturated rings. The Balaban J connectivity index is 2.89. The normalized spacial score (nSPS) is 11.2. The fourth-order valence-electron chi connectivity index (χ4n) is 1.31. The number of carbonyl (C=O) groups is 1. The lowest BCUT2D eigenvalue weighted by Crippen LogP contribution is -2.17. The SMILES string of the molecule is CS(=O)(=O)CCNc1cc(C(N)=O)c(N)cc1F. The first kappa shape index (κ1) is 14.2. The topological polar surface area (TPSA) is 115 Å². The summed E-state index contributed by atoms with van der Waals surface area (Å²) in [6.07, 6.45) is 1.07. The van der Waals surface area contributed by atoms with Gasteiger partial charge in [0.1, 0.15) is 15.7 Å². The summed E-state index contributed by atoms with van der Waals surface area (Å²) in [7, 11) is -3.14. The van der Waals surface area contributed by atoms with Crippen LogP contribution in [0.15, 0.2) is 12.1 Å². The molecule has 0 aliphatic heterocycles. The number of halogens is 1. The van der Waals surface area contributed by atoms with E-state index in [-0.39, 0.29) is 29.2 Å². The molecule has 0 radical (unpaired) electrons. The van der Waals surface area contributed by atoms with Crippen LogP contribution in [-0.2, 0) is 9.84 Å². The molecule has 0 saturated heterocycles. The molecule has 0 saturated carbocycles. The Bertz CT molecular complexity index is 572. The number of nitrogen functional groups attached to an aromatic ring is 1. The molecule has 6 nitrogen and oxygen atoms in total. The number of primary amides is 1. The van der Waals surface area contributed by atoms with Gasteiger partial charge in [-0.25, -0.2) is 12.8 Å². The molecule has 5 N–H and O–H groups in total. The standard InChI is InChI=1S/C10H14FN3O3S/c1-18(16,17)3-2-14-9-4-6(10(13)15)8(12)5-7(9)11/h4-5,14H,2-3,12H2,1H3,(H2,13,15). The van der Waals surface area contributed by atoms with Crippen LogP contribution in [0.2, 0.25) is 0 Å². The maximum Gasteiger partial charge on any atom is 0.250 e. The van der Waals surface area contributed by atoms with Crippen molar-refractivity contribution in [3.63, 3.8) is 0 Å². The highest BCUT2D eigenvalue weighted by atomic mass is 32.2. The van der Waals surface area contributed by atoms with E-state index in [0.717, 1.165) is 18.4 Å². The molecule has 8 heteroatoms. The van der Waals surface area contributed by atoms with Gasteiger partial charge in [-0.1, -0.05) is 0 Å². The maximum atomic E-state index is 13.5. The van der Waals surface area contributed by atoms with Crippen molar-refractivity contribution in [3.05, 3.63) is 23.5 Å². The van der Waals surface area contributed by atoms with Crippen molar-refractivity contribution in [1.82, 2.24) is 0 Å². The number of anilines is 2. The van der Waals surface area contributed by atoms with Crippen molar-refractivity contribution in [2.45, 2.75) is 0 Å². The zero-order valence-corrected chi connectivity index (χ0v) is 10.6. The highest BCUT2D eigenvalue weighted by molar-refractivity contribution is 7.90. The van der Waals surface area contributed by atoms with Crippen molar-refractivity contribution in [2.24, 2.45) is 5.73 Å². The fraction of sp³-hybridized carbons (Fsp3) is 0.300. The van der Waals surface area contributed by atoms with E-state index in [2.05, 4.69) is 5.32 Å². The van der Waals surface area contributed by atoms with Crippen molar-refractivity contribution < 1.29 is 17.6 Å². The Hall–Kier alpha value is -1.83. The summed E-state index contributed by atoms with van der Waals surface area (Å²) in [5, 5.41) is 2.57. The molecule has 0 aliphatic carbocycles. The number of hydrogen-bond acceptors (Lipinski definition) is 5. The van der Waals surface area contributed by atoms with Crippen LogP contribution in [0.4, 0.5) is 15.8 Å². The maximum absolute atomic E-state index is 13.5. The second-order valence-electron chi connectivity index (χ2n) is 3.84. The number of rotatable bonds is 5. The first-order chi connectivity index (χ1) is 8.20. The van der Waals surface area contributed by atoms with Crippen molar-refractivity contribution in [1.29, 1.82) is 0 Å². The molecule has 100 valence electrons. The van der Waals surface area contributed by atoms with Gasteiger partial charge in [0.25, 0.3) is 5.91 Å². The van der Waals surface area contributed by atoms with Gasteiger partial charge in [-0.3, -0.25) is 4.79 Å². The highest BCUT2D eigenvalue weighted by Crippen LogP contribution is 2.21. The second-order valence-corrected chi connectivity index (χ2v) is 6.10. The summed E-state index contributed by atoms with van der Waals surface area (Å²) in [5.74, 6) is -1.60. The van der Waals surface area contributed by atoms with E-state index in [1.165, 1.54) is 0 Å². The lowest BCUT2D eigenvalue weighted by Gasteiger charge is -2.10. The molecule has 1 aromatic rings. The summed E-state index contributed by atoms with van der Waals surface area (Å²) in [6, 6.07) is 2.12. The predicted octanol–water partition coefficient (Wildman–Crippen LogP) is -0.0367. The third-order valence-corrected chi connectivity index (χ3v) is 3.14. The van der Waals surface area contributed by atoms with Gasteiger partial charge in [-0.2, -0.15) is 0 Å². The molecule has 0 bridgehead atoms. The average Bonchev–Trinajstić information content (AvgIpc) is 2.18.